The summed E-state index contributed by atoms with van der Waals surface area (Å²) in [5, 5.41) is 11.2. The van der Waals surface area contributed by atoms with Gasteiger partial charge in [-0.3, -0.25) is 37.0 Å². The lowest BCUT2D eigenvalue weighted by molar-refractivity contribution is -0.0670. The van der Waals surface area contributed by atoms with Crippen molar-refractivity contribution in [2.24, 2.45) is 0 Å². The number of nitrogens with one attached hydrogen (secondary N) is 1. The molecule has 7 heterocycles. The Hall–Kier alpha value is -3.59. The number of H-pyrrole nitrogens is 1. The van der Waals surface area contributed by atoms with E-state index in [2.05, 4.69) is 31.5 Å². The van der Waals surface area contributed by atoms with Gasteiger partial charge in [-0.2, -0.15) is 4.98 Å². The van der Waals surface area contributed by atoms with Crippen LogP contribution >= 0.6 is 15.6 Å². The first kappa shape index (κ1) is 30.1. The third-order valence-corrected chi connectivity index (χ3v) is 9.39. The maximum Gasteiger partial charge on any atom is 0.473 e. The van der Waals surface area contributed by atoms with Crippen LogP contribution in [0.5, 0.6) is 0 Å². The van der Waals surface area contributed by atoms with E-state index in [1.54, 1.807) is 0 Å². The number of hydrogen-bond acceptors (Lipinski definition) is 16. The Morgan fingerprint density at radius 1 is 0.956 bits per heavy atom. The number of fused-ring (bicyclic) bond motifs is 5. The van der Waals surface area contributed by atoms with Gasteiger partial charge in [-0.1, -0.05) is 6.58 Å². The van der Waals surface area contributed by atoms with Crippen LogP contribution in [0.25, 0.3) is 22.3 Å². The standard InChI is InChI=1S/C22H25N9O12P2/c1-8-10-4-38-45(36,37)43-16-11(41-20(14(16)32)30-6-26-12-9(23)2-3-25-17(12)30)5-39-44(34,35)42-15(8)21(40-10)31-7-27-13-18(31)28-22(24)29-19(13)33/h2-3,6-7,10-11,14-16,20-21,32H,1,4-5H2,(H2,23,25)(H,34,35)(H,36,37)(H3,24,28,29,33)/t10-,11-,14-,15-,16-,20-,21-/m1/s1. The van der Waals surface area contributed by atoms with Crippen LogP contribution in [0.2, 0.25) is 0 Å². The number of phosphoric ester groups is 2. The SMILES string of the molecule is C=C1[C@H]2OP(=O)(O)OC[C@H]3O[C@@H](n4cnc5c(N)ccnc54)[C@H](O)[C@@H]3OP(=O)(O)OC[C@H]1O[C@H]2n1cnc2c(=O)[nH]c(N)nc21. The third kappa shape index (κ3) is 5.27. The highest BCUT2D eigenvalue weighted by molar-refractivity contribution is 7.47. The zero-order valence-corrected chi connectivity index (χ0v) is 24.5. The number of nitrogens with zero attached hydrogens (tertiary/aromatic N) is 6. The molecule has 3 fully saturated rings. The van der Waals surface area contributed by atoms with Crippen molar-refractivity contribution in [1.29, 1.82) is 0 Å². The molecule has 0 aliphatic carbocycles. The fourth-order valence-electron chi connectivity index (χ4n) is 5.34. The summed E-state index contributed by atoms with van der Waals surface area (Å²) in [6, 6.07) is 1.52. The van der Waals surface area contributed by atoms with E-state index < -0.39 is 77.4 Å². The normalized spacial score (nSPS) is 36.1. The number of aromatic amines is 1. The summed E-state index contributed by atoms with van der Waals surface area (Å²) in [6.07, 6.45) is -6.16. The van der Waals surface area contributed by atoms with E-state index in [-0.39, 0.29) is 28.3 Å². The second-order valence-electron chi connectivity index (χ2n) is 10.3. The van der Waals surface area contributed by atoms with Crippen molar-refractivity contribution in [3.05, 3.63) is 47.4 Å². The molecule has 0 aromatic carbocycles. The van der Waals surface area contributed by atoms with Gasteiger partial charge >= 0.3 is 15.6 Å². The summed E-state index contributed by atoms with van der Waals surface area (Å²) >= 11 is 0. The number of imidazole rings is 2. The summed E-state index contributed by atoms with van der Waals surface area (Å²) in [6.45, 7) is 2.42. The van der Waals surface area contributed by atoms with Crippen molar-refractivity contribution in [1.82, 2.24) is 34.1 Å². The summed E-state index contributed by atoms with van der Waals surface area (Å²) in [7, 11) is -9.99. The number of anilines is 2. The summed E-state index contributed by atoms with van der Waals surface area (Å²) in [5.41, 5.74) is 11.6. The second kappa shape index (κ2) is 10.7. The van der Waals surface area contributed by atoms with Crippen LogP contribution < -0.4 is 17.0 Å². The first-order chi connectivity index (χ1) is 21.3. The van der Waals surface area contributed by atoms with E-state index in [1.165, 1.54) is 27.7 Å². The molecule has 3 aliphatic rings. The Bertz CT molecular complexity index is 1980. The number of ether oxygens (including phenoxy) is 2. The summed E-state index contributed by atoms with van der Waals surface area (Å²) in [5.74, 6) is -0.241. The number of nitrogen functional groups attached to an aromatic ring is 2. The molecular formula is C22H25N9O12P2. The lowest BCUT2D eigenvalue weighted by Crippen LogP contribution is -2.36. The highest BCUT2D eigenvalue weighted by Crippen LogP contribution is 2.54. The number of aromatic nitrogens is 7. The molecule has 0 spiro atoms. The van der Waals surface area contributed by atoms with E-state index in [1.807, 2.05) is 0 Å². The zero-order valence-electron chi connectivity index (χ0n) is 22.7. The Kier molecular flexibility index (Phi) is 7.19. The predicted octanol–water partition coefficient (Wildman–Crippen LogP) is -0.541. The van der Waals surface area contributed by atoms with Gasteiger partial charge in [-0.15, -0.1) is 0 Å². The molecule has 4 aromatic heterocycles. The average Bonchev–Trinajstić information content (AvgIpc) is 3.72. The molecular weight excluding hydrogens is 644 g/mol. The molecule has 7 rings (SSSR count). The molecule has 0 saturated carbocycles. The molecule has 0 radical (unpaired) electrons. The van der Waals surface area contributed by atoms with E-state index in [4.69, 9.17) is 39.0 Å². The fraction of sp³-hybridized carbons (Fsp3) is 0.409. The molecule has 8 N–H and O–H groups in total. The highest BCUT2D eigenvalue weighted by Gasteiger charge is 2.52. The maximum absolute atomic E-state index is 13.3. The Morgan fingerprint density at radius 2 is 1.64 bits per heavy atom. The van der Waals surface area contributed by atoms with E-state index in [0.717, 1.165) is 6.33 Å². The van der Waals surface area contributed by atoms with Crippen LogP contribution in [-0.2, 0) is 36.7 Å². The van der Waals surface area contributed by atoms with Gasteiger partial charge in [0.25, 0.3) is 5.56 Å². The smallest absolute Gasteiger partial charge is 0.397 e. The number of phosphoric acid groups is 2. The molecule has 23 heteroatoms. The number of aliphatic hydroxyl groups is 1. The number of aliphatic hydroxyl groups excluding tert-OH is 1. The lowest BCUT2D eigenvalue weighted by Gasteiger charge is -2.25. The molecule has 9 atom stereocenters. The predicted molar refractivity (Wildman–Crippen MR) is 149 cm³/mol. The maximum atomic E-state index is 13.3. The molecule has 21 nitrogen and oxygen atoms in total. The van der Waals surface area contributed by atoms with Crippen molar-refractivity contribution in [2.45, 2.75) is 43.0 Å². The van der Waals surface area contributed by atoms with E-state index in [0.29, 0.717) is 11.2 Å². The molecule has 2 unspecified atom stereocenters. The van der Waals surface area contributed by atoms with Crippen LogP contribution in [0.1, 0.15) is 12.5 Å². The molecule has 0 amide bonds. The topological polar surface area (TPSA) is 297 Å². The molecule has 240 valence electrons. The van der Waals surface area contributed by atoms with Crippen LogP contribution in [0.4, 0.5) is 11.6 Å². The van der Waals surface area contributed by atoms with Crippen molar-refractivity contribution < 1.29 is 51.6 Å². The molecule has 3 aliphatic heterocycles. The fourth-order valence-corrected chi connectivity index (χ4v) is 7.22. The van der Waals surface area contributed by atoms with Crippen molar-refractivity contribution in [3.63, 3.8) is 0 Å². The minimum Gasteiger partial charge on any atom is -0.397 e. The second-order valence-corrected chi connectivity index (χ2v) is 13.1. The van der Waals surface area contributed by atoms with Crippen molar-refractivity contribution in [2.75, 3.05) is 24.7 Å². The van der Waals surface area contributed by atoms with Gasteiger partial charge in [0.2, 0.25) is 5.95 Å². The Labute approximate surface area is 250 Å². The molecule has 4 aromatic rings. The van der Waals surface area contributed by atoms with Crippen LogP contribution in [0.15, 0.2) is 41.9 Å². The average molecular weight is 669 g/mol. The first-order valence-electron chi connectivity index (χ1n) is 13.1. The number of rotatable bonds is 2. The van der Waals surface area contributed by atoms with Crippen LogP contribution in [-0.4, -0.2) is 92.7 Å². The lowest BCUT2D eigenvalue weighted by atomic mass is 10.1. The Balaban J connectivity index is 1.21. The first-order valence-corrected chi connectivity index (χ1v) is 16.1. The van der Waals surface area contributed by atoms with Crippen molar-refractivity contribution >= 4 is 49.6 Å². The van der Waals surface area contributed by atoms with Gasteiger partial charge in [0, 0.05) is 6.20 Å². The van der Waals surface area contributed by atoms with Gasteiger partial charge in [-0.25, -0.2) is 24.1 Å². The molecule has 3 saturated heterocycles. The van der Waals surface area contributed by atoms with E-state index in [9.17, 15) is 28.8 Å². The van der Waals surface area contributed by atoms with Crippen molar-refractivity contribution in [3.8, 4) is 0 Å². The van der Waals surface area contributed by atoms with Crippen LogP contribution in [0, 0.1) is 0 Å². The van der Waals surface area contributed by atoms with E-state index >= 15 is 0 Å². The molecule has 45 heavy (non-hydrogen) atoms. The quantitative estimate of drug-likeness (QED) is 0.115. The van der Waals surface area contributed by atoms with Gasteiger partial charge in [0.05, 0.1) is 31.6 Å². The summed E-state index contributed by atoms with van der Waals surface area (Å²) in [4.78, 5) is 52.5. The number of nitrogens with two attached hydrogens (primary N) is 2. The van der Waals surface area contributed by atoms with Crippen LogP contribution in [0.3, 0.4) is 0 Å². The van der Waals surface area contributed by atoms with Gasteiger partial charge < -0.3 is 35.8 Å². The Morgan fingerprint density at radius 3 is 2.42 bits per heavy atom. The number of hydrogen-bond donors (Lipinski definition) is 6. The minimum atomic E-state index is -5.01. The third-order valence-electron chi connectivity index (χ3n) is 7.43. The monoisotopic (exact) mass is 669 g/mol. The zero-order chi connectivity index (χ0) is 31.8. The van der Waals surface area contributed by atoms with Gasteiger partial charge in [0.15, 0.2) is 29.3 Å². The minimum absolute atomic E-state index is 0.00656. The summed E-state index contributed by atoms with van der Waals surface area (Å²) < 4.78 is 62.0. The van der Waals surface area contributed by atoms with Gasteiger partial charge in [0.1, 0.15) is 36.0 Å². The highest BCUT2D eigenvalue weighted by atomic mass is 31.2. The number of pyridine rings is 1. The molecule has 2 bridgehead atoms. The largest absolute Gasteiger partial charge is 0.473 e. The van der Waals surface area contributed by atoms with Gasteiger partial charge in [-0.05, 0) is 11.6 Å².